The van der Waals surface area contributed by atoms with Gasteiger partial charge in [-0.25, -0.2) is 0 Å². The molecule has 0 aliphatic rings. The van der Waals surface area contributed by atoms with Gasteiger partial charge in [-0.15, -0.1) is 0 Å². The summed E-state index contributed by atoms with van der Waals surface area (Å²) in [5, 5.41) is 0. The molecule has 5 heteroatoms. The van der Waals surface area contributed by atoms with Gasteiger partial charge < -0.3 is 0 Å². The van der Waals surface area contributed by atoms with Crippen molar-refractivity contribution in [3.63, 3.8) is 0 Å². The van der Waals surface area contributed by atoms with Gasteiger partial charge >= 0.3 is 0 Å². The summed E-state index contributed by atoms with van der Waals surface area (Å²) < 4.78 is 7.94. The van der Waals surface area contributed by atoms with Crippen molar-refractivity contribution in [1.29, 1.82) is 0 Å². The van der Waals surface area contributed by atoms with Crippen LogP contribution in [-0.4, -0.2) is 29.8 Å². The predicted octanol–water partition coefficient (Wildman–Crippen LogP) is -0.0217. The van der Waals surface area contributed by atoms with Crippen LogP contribution in [0.1, 0.15) is 0 Å². The molecule has 0 saturated heterocycles. The molecule has 0 bridgehead atoms. The van der Waals surface area contributed by atoms with Crippen LogP contribution in [0.25, 0.3) is 0 Å². The zero-order chi connectivity index (χ0) is 2.00. The standard InChI is InChI=1S/Li.OP.Si.Zr/c;1-2;;. The second-order valence-corrected chi connectivity index (χ2v) is 0. The van der Waals surface area contributed by atoms with Gasteiger partial charge in [0.1, 0.15) is 0 Å². The first kappa shape index (κ1) is 29.2. The van der Waals surface area contributed by atoms with Gasteiger partial charge in [-0.1, -0.05) is 0 Å². The van der Waals surface area contributed by atoms with Crippen molar-refractivity contribution in [2.24, 2.45) is 0 Å². The third kappa shape index (κ3) is 25.9. The van der Waals surface area contributed by atoms with Crippen molar-refractivity contribution >= 4 is 38.9 Å². The molecular formula is LiOPSiZr. The van der Waals surface area contributed by atoms with Crippen LogP contribution < -0.4 is 0 Å². The smallest absolute Gasteiger partial charge is 0.261 e. The van der Waals surface area contributed by atoms with Crippen molar-refractivity contribution < 1.29 is 30.8 Å². The molecular weight excluding hydrogens is 173 g/mol. The summed E-state index contributed by atoms with van der Waals surface area (Å²) in [6.45, 7) is 0. The topological polar surface area (TPSA) is 17.1 Å². The first-order valence-electron chi connectivity index (χ1n) is 0.183. The minimum atomic E-state index is 0. The molecule has 0 spiro atoms. The third-order valence-electron chi connectivity index (χ3n) is 0. The fraction of sp³-hybridized carbons (Fsp3) is 0. The molecule has 20 valence electrons. The van der Waals surface area contributed by atoms with E-state index in [-0.39, 0.29) is 56.0 Å². The van der Waals surface area contributed by atoms with Gasteiger partial charge in [0.05, 0.1) is 0 Å². The van der Waals surface area contributed by atoms with E-state index in [0.717, 1.165) is 0 Å². The van der Waals surface area contributed by atoms with Crippen LogP contribution >= 0.6 is 9.12 Å². The molecule has 5 heavy (non-hydrogen) atoms. The molecule has 0 aliphatic carbocycles. The first-order chi connectivity index (χ1) is 1.00. The van der Waals surface area contributed by atoms with Crippen LogP contribution in [0.15, 0.2) is 0 Å². The maximum Gasteiger partial charge on any atom is 0.261 e. The Labute approximate surface area is 69.2 Å². The Bertz CT molecular complexity index is 11.6. The molecule has 0 fully saturated rings. The van der Waals surface area contributed by atoms with Crippen LogP contribution in [0, 0.1) is 0 Å². The van der Waals surface area contributed by atoms with Crippen molar-refractivity contribution in [1.82, 2.24) is 0 Å². The molecule has 0 heterocycles. The zero-order valence-corrected chi connectivity index (χ0v) is 7.21. The Morgan fingerprint density at radius 2 is 1.20 bits per heavy atom. The quantitative estimate of drug-likeness (QED) is 0.371. The molecule has 1 nitrogen and oxygen atoms in total. The summed E-state index contributed by atoms with van der Waals surface area (Å²) >= 11 is 0. The Kier molecular flexibility index (Phi) is 241. The van der Waals surface area contributed by atoms with E-state index in [9.17, 15) is 0 Å². The fourth-order valence-electron chi connectivity index (χ4n) is 0. The molecule has 0 N–H and O–H groups in total. The SMILES string of the molecule is O=[P].[Li].[Si].[Zr]. The Morgan fingerprint density at radius 3 is 1.20 bits per heavy atom. The molecule has 0 aliphatic heterocycles. The van der Waals surface area contributed by atoms with E-state index in [4.69, 9.17) is 4.57 Å². The van der Waals surface area contributed by atoms with E-state index in [2.05, 4.69) is 9.12 Å². The second-order valence-electron chi connectivity index (χ2n) is 0. The number of hydrogen-bond donors (Lipinski definition) is 0. The van der Waals surface area contributed by atoms with Crippen LogP contribution in [-0.2, 0) is 30.8 Å². The normalized spacial score (nSPS) is 0.800. The number of hydrogen-bond acceptors (Lipinski definition) is 1. The average Bonchev–Trinajstić information content (AvgIpc) is 1.00. The Hall–Kier alpha value is 1.80. The summed E-state index contributed by atoms with van der Waals surface area (Å²) in [7, 11) is 2.28. The Balaban J connectivity index is -0.00000000167. The van der Waals surface area contributed by atoms with Crippen molar-refractivity contribution in [3.8, 4) is 0 Å². The molecule has 0 rings (SSSR count). The van der Waals surface area contributed by atoms with Gasteiger partial charge in [0, 0.05) is 56.0 Å². The van der Waals surface area contributed by atoms with Crippen molar-refractivity contribution in [3.05, 3.63) is 0 Å². The molecule has 0 saturated carbocycles. The predicted molar refractivity (Wildman–Crippen MR) is 19.1 cm³/mol. The van der Waals surface area contributed by atoms with Gasteiger partial charge in [-0.2, -0.15) is 0 Å². The van der Waals surface area contributed by atoms with Crippen LogP contribution in [0.4, 0.5) is 0 Å². The van der Waals surface area contributed by atoms with E-state index in [1.165, 1.54) is 0 Å². The van der Waals surface area contributed by atoms with E-state index in [1.807, 2.05) is 0 Å². The largest absolute Gasteiger partial charge is 0.261 e. The minimum absolute atomic E-state index is 0. The molecule has 0 aromatic carbocycles. The summed E-state index contributed by atoms with van der Waals surface area (Å²) in [5.74, 6) is 0. The van der Waals surface area contributed by atoms with Crippen LogP contribution in [0.5, 0.6) is 0 Å². The monoisotopic (exact) mass is 172 g/mol. The molecule has 0 atom stereocenters. The molecule has 0 aromatic heterocycles. The van der Waals surface area contributed by atoms with E-state index in [0.29, 0.717) is 0 Å². The summed E-state index contributed by atoms with van der Waals surface area (Å²) in [6, 6.07) is 0. The average molecular weight is 173 g/mol. The Morgan fingerprint density at radius 1 is 1.20 bits per heavy atom. The van der Waals surface area contributed by atoms with Gasteiger partial charge in [0.15, 0.2) is 0 Å². The molecule has 0 aromatic rings. The van der Waals surface area contributed by atoms with Crippen molar-refractivity contribution in [2.75, 3.05) is 0 Å². The van der Waals surface area contributed by atoms with Crippen LogP contribution in [0.3, 0.4) is 0 Å². The van der Waals surface area contributed by atoms with Crippen molar-refractivity contribution in [2.45, 2.75) is 0 Å². The number of rotatable bonds is 0. The molecule has 0 unspecified atom stereocenters. The second kappa shape index (κ2) is 41.3. The zero-order valence-electron chi connectivity index (χ0n) is 2.86. The first-order valence-corrected chi connectivity index (χ1v) is 0.548. The summed E-state index contributed by atoms with van der Waals surface area (Å²) in [6.07, 6.45) is 0. The van der Waals surface area contributed by atoms with E-state index >= 15 is 0 Å². The van der Waals surface area contributed by atoms with Gasteiger partial charge in [0.2, 0.25) is 0 Å². The maximum absolute atomic E-state index is 7.94. The third-order valence-corrected chi connectivity index (χ3v) is 0. The molecule has 6 radical (unpaired) electrons. The van der Waals surface area contributed by atoms with Gasteiger partial charge in [0.25, 0.3) is 9.12 Å². The summed E-state index contributed by atoms with van der Waals surface area (Å²) in [5.41, 5.74) is 0. The van der Waals surface area contributed by atoms with Crippen LogP contribution in [0.2, 0.25) is 0 Å². The van der Waals surface area contributed by atoms with Gasteiger partial charge in [-0.3, -0.25) is 4.57 Å². The van der Waals surface area contributed by atoms with E-state index in [1.54, 1.807) is 0 Å². The summed E-state index contributed by atoms with van der Waals surface area (Å²) in [4.78, 5) is 0. The maximum atomic E-state index is 7.94. The fourth-order valence-corrected chi connectivity index (χ4v) is 0. The van der Waals surface area contributed by atoms with E-state index < -0.39 is 0 Å². The minimum Gasteiger partial charge on any atom is -0.261 e. The molecule has 0 amide bonds. The van der Waals surface area contributed by atoms with Gasteiger partial charge in [-0.05, 0) is 0 Å².